The molecule has 162 valence electrons. The molecule has 0 spiro atoms. The van der Waals surface area contributed by atoms with Crippen LogP contribution in [0.15, 0.2) is 52.3 Å². The first-order valence-corrected chi connectivity index (χ1v) is 11.1. The van der Waals surface area contributed by atoms with Gasteiger partial charge in [-0.3, -0.25) is 9.59 Å². The van der Waals surface area contributed by atoms with Crippen LogP contribution in [0.4, 0.5) is 0 Å². The van der Waals surface area contributed by atoms with Gasteiger partial charge in [0.25, 0.3) is 0 Å². The zero-order valence-corrected chi connectivity index (χ0v) is 18.7. The maximum atomic E-state index is 12.6. The first kappa shape index (κ1) is 21.3. The van der Waals surface area contributed by atoms with Gasteiger partial charge >= 0.3 is 10.8 Å². The number of methoxy groups -OCH3 is 3. The molecule has 0 fully saturated rings. The number of nitrogens with one attached hydrogen (secondary N) is 1. The Balaban J connectivity index is 1.87. The molecule has 0 radical (unpaired) electrons. The summed E-state index contributed by atoms with van der Waals surface area (Å²) >= 11 is 2.42. The van der Waals surface area contributed by atoms with Crippen molar-refractivity contribution in [3.05, 3.63) is 68.1 Å². The van der Waals surface area contributed by atoms with E-state index in [1.807, 2.05) is 18.2 Å². The number of rotatable bonds is 6. The number of hydrogen-bond acceptors (Lipinski definition) is 7. The van der Waals surface area contributed by atoms with E-state index in [1.165, 1.54) is 11.8 Å². The number of thioether (sulfide) groups is 1. The maximum absolute atomic E-state index is 12.6. The minimum atomic E-state index is -0.931. The molecule has 9 heteroatoms. The molecule has 0 unspecified atom stereocenters. The number of H-pyrrole nitrogens is 1. The summed E-state index contributed by atoms with van der Waals surface area (Å²) in [4.78, 5) is 28.2. The number of carbonyl (C=O) groups is 1. The highest BCUT2D eigenvalue weighted by molar-refractivity contribution is 7.99. The van der Waals surface area contributed by atoms with Gasteiger partial charge in [0.1, 0.15) is 5.75 Å². The number of aliphatic carboxylic acids is 1. The van der Waals surface area contributed by atoms with Gasteiger partial charge in [0.15, 0.2) is 11.5 Å². The fraction of sp³-hybridized carbons (Fsp3) is 0.273. The van der Waals surface area contributed by atoms with E-state index in [-0.39, 0.29) is 4.87 Å². The highest BCUT2D eigenvalue weighted by Gasteiger charge is 2.45. The molecule has 0 saturated carbocycles. The van der Waals surface area contributed by atoms with Crippen LogP contribution in [0.25, 0.3) is 0 Å². The Kier molecular flexibility index (Phi) is 5.97. The normalized spacial score (nSPS) is 20.0. The second-order valence-electron chi connectivity index (χ2n) is 6.98. The zero-order chi connectivity index (χ0) is 22.1. The van der Waals surface area contributed by atoms with Gasteiger partial charge in [-0.25, -0.2) is 0 Å². The number of aromatic amines is 1. The van der Waals surface area contributed by atoms with Crippen molar-refractivity contribution in [2.75, 3.05) is 21.3 Å². The quantitative estimate of drug-likeness (QED) is 0.572. The molecule has 1 aromatic heterocycles. The summed E-state index contributed by atoms with van der Waals surface area (Å²) in [5, 5.41) is 10.5. The molecule has 0 bridgehead atoms. The number of fused-ring (bicyclic) bond motifs is 1. The third kappa shape index (κ3) is 3.90. The first-order valence-electron chi connectivity index (χ1n) is 9.45. The van der Waals surface area contributed by atoms with E-state index in [0.717, 1.165) is 27.3 Å². The van der Waals surface area contributed by atoms with Gasteiger partial charge < -0.3 is 24.3 Å². The van der Waals surface area contributed by atoms with Gasteiger partial charge in [0.05, 0.1) is 37.5 Å². The highest BCUT2D eigenvalue weighted by Crippen LogP contribution is 2.56. The molecular formula is C22H21NO6S2. The van der Waals surface area contributed by atoms with E-state index < -0.39 is 23.1 Å². The van der Waals surface area contributed by atoms with Gasteiger partial charge in [-0.1, -0.05) is 41.3 Å². The Morgan fingerprint density at radius 2 is 1.65 bits per heavy atom. The molecule has 1 aliphatic heterocycles. The molecule has 31 heavy (non-hydrogen) atoms. The summed E-state index contributed by atoms with van der Waals surface area (Å²) in [5.41, 5.74) is 1.60. The molecule has 0 saturated heterocycles. The van der Waals surface area contributed by atoms with E-state index in [0.29, 0.717) is 22.3 Å². The van der Waals surface area contributed by atoms with Gasteiger partial charge in [0.2, 0.25) is 0 Å². The lowest BCUT2D eigenvalue weighted by Gasteiger charge is -2.35. The Morgan fingerprint density at radius 1 is 0.968 bits per heavy atom. The van der Waals surface area contributed by atoms with Crippen molar-refractivity contribution in [1.29, 1.82) is 0 Å². The fourth-order valence-electron chi connectivity index (χ4n) is 3.90. The smallest absolute Gasteiger partial charge is 0.308 e. The van der Waals surface area contributed by atoms with Crippen LogP contribution in [0.3, 0.4) is 0 Å². The second-order valence-corrected chi connectivity index (χ2v) is 9.14. The van der Waals surface area contributed by atoms with Gasteiger partial charge in [0, 0.05) is 10.8 Å². The number of carboxylic acid groups (broad SMARTS) is 1. The molecule has 0 amide bonds. The lowest BCUT2D eigenvalue weighted by atomic mass is 9.80. The van der Waals surface area contributed by atoms with Crippen LogP contribution >= 0.6 is 23.1 Å². The summed E-state index contributed by atoms with van der Waals surface area (Å²) in [6, 6.07) is 12.7. The fourth-order valence-corrected chi connectivity index (χ4v) is 6.50. The third-order valence-corrected chi connectivity index (χ3v) is 7.82. The monoisotopic (exact) mass is 459 g/mol. The van der Waals surface area contributed by atoms with Crippen molar-refractivity contribution in [1.82, 2.24) is 4.98 Å². The minimum Gasteiger partial charge on any atom is -0.497 e. The lowest BCUT2D eigenvalue weighted by molar-refractivity contribution is -0.142. The van der Waals surface area contributed by atoms with Crippen molar-refractivity contribution in [3.8, 4) is 17.2 Å². The van der Waals surface area contributed by atoms with Crippen molar-refractivity contribution < 1.29 is 24.1 Å². The molecule has 3 atom stereocenters. The molecule has 4 rings (SSSR count). The first-order chi connectivity index (χ1) is 15.0. The molecular weight excluding hydrogens is 438 g/mol. The van der Waals surface area contributed by atoms with E-state index in [2.05, 4.69) is 4.98 Å². The lowest BCUT2D eigenvalue weighted by Crippen LogP contribution is -2.30. The van der Waals surface area contributed by atoms with Gasteiger partial charge in [-0.05, 0) is 35.4 Å². The second kappa shape index (κ2) is 8.68. The van der Waals surface area contributed by atoms with Crippen molar-refractivity contribution in [3.63, 3.8) is 0 Å². The number of ether oxygens (including phenoxy) is 3. The maximum Gasteiger partial charge on any atom is 0.308 e. The molecule has 7 nitrogen and oxygen atoms in total. The van der Waals surface area contributed by atoms with Gasteiger partial charge in [-0.2, -0.15) is 0 Å². The number of carboxylic acids is 1. The number of thiazole rings is 1. The Bertz CT molecular complexity index is 1150. The van der Waals surface area contributed by atoms with E-state index in [4.69, 9.17) is 14.2 Å². The Morgan fingerprint density at radius 3 is 2.26 bits per heavy atom. The van der Waals surface area contributed by atoms with E-state index in [9.17, 15) is 14.7 Å². The van der Waals surface area contributed by atoms with Crippen LogP contribution < -0.4 is 19.1 Å². The minimum absolute atomic E-state index is 0.201. The van der Waals surface area contributed by atoms with Crippen LogP contribution in [0.1, 0.15) is 27.2 Å². The average molecular weight is 460 g/mol. The summed E-state index contributed by atoms with van der Waals surface area (Å²) in [7, 11) is 4.67. The number of aromatic nitrogens is 1. The predicted molar refractivity (Wildman–Crippen MR) is 119 cm³/mol. The Labute approximate surface area is 187 Å². The SMILES string of the molecule is COc1ccc([C@H]2c3sc(=O)[nH]c3S[C@H](c3ccc(OC)c(OC)c3)[C@@H]2C(=O)O)cc1. The summed E-state index contributed by atoms with van der Waals surface area (Å²) in [6.45, 7) is 0. The van der Waals surface area contributed by atoms with Crippen LogP contribution in [0.5, 0.6) is 17.2 Å². The molecule has 1 aliphatic rings. The topological polar surface area (TPSA) is 97.9 Å². The van der Waals surface area contributed by atoms with Crippen molar-refractivity contribution in [2.45, 2.75) is 16.2 Å². The zero-order valence-electron chi connectivity index (χ0n) is 17.1. The summed E-state index contributed by atoms with van der Waals surface area (Å²) in [5.74, 6) is -0.443. The molecule has 3 aromatic rings. The summed E-state index contributed by atoms with van der Waals surface area (Å²) in [6.07, 6.45) is 0. The average Bonchev–Trinajstić information content (AvgIpc) is 3.17. The van der Waals surface area contributed by atoms with Crippen molar-refractivity contribution >= 4 is 29.1 Å². The molecule has 0 aliphatic carbocycles. The molecule has 2 aromatic carbocycles. The molecule has 2 heterocycles. The van der Waals surface area contributed by atoms with E-state index >= 15 is 0 Å². The standard InChI is InChI=1S/C22H21NO6S2/c1-27-13-7-4-11(5-8-13)16-17(21(24)25)18(30-20-19(16)31-22(26)23-20)12-6-9-14(28-2)15(10-12)29-3/h4-10,16-18H,1-3H3,(H,23,26)(H,24,25)/t16-,17-,18-/m1/s1. The number of hydrogen-bond donors (Lipinski definition) is 2. The van der Waals surface area contributed by atoms with Crippen LogP contribution in [0.2, 0.25) is 0 Å². The van der Waals surface area contributed by atoms with Crippen LogP contribution in [-0.2, 0) is 4.79 Å². The summed E-state index contributed by atoms with van der Waals surface area (Å²) < 4.78 is 16.0. The van der Waals surface area contributed by atoms with Crippen LogP contribution in [0, 0.1) is 5.92 Å². The number of benzene rings is 2. The largest absolute Gasteiger partial charge is 0.497 e. The molecule has 2 N–H and O–H groups in total. The highest BCUT2D eigenvalue weighted by atomic mass is 32.2. The third-order valence-electron chi connectivity index (χ3n) is 5.35. The van der Waals surface area contributed by atoms with Crippen LogP contribution in [-0.4, -0.2) is 37.4 Å². The van der Waals surface area contributed by atoms with Gasteiger partial charge in [-0.15, -0.1) is 0 Å². The van der Waals surface area contributed by atoms with Crippen molar-refractivity contribution in [2.24, 2.45) is 5.92 Å². The Hall–Kier alpha value is -2.91. The predicted octanol–water partition coefficient (Wildman–Crippen LogP) is 4.14. The van der Waals surface area contributed by atoms with E-state index in [1.54, 1.807) is 45.6 Å².